The van der Waals surface area contributed by atoms with E-state index in [4.69, 9.17) is 16.3 Å². The molecule has 0 amide bonds. The normalized spacial score (nSPS) is 34.6. The lowest BCUT2D eigenvalue weighted by Gasteiger charge is -2.26. The highest BCUT2D eigenvalue weighted by Gasteiger charge is 2.52. The van der Waals surface area contributed by atoms with Gasteiger partial charge >= 0.3 is 5.69 Å². The highest BCUT2D eigenvalue weighted by molar-refractivity contribution is 6.24. The number of aliphatic hydroxyl groups excluding tert-OH is 1. The zero-order chi connectivity index (χ0) is 14.2. The third kappa shape index (κ3) is 2.48. The predicted molar refractivity (Wildman–Crippen MR) is 70.4 cm³/mol. The lowest BCUT2D eigenvalue weighted by atomic mass is 9.98. The molecule has 2 N–H and O–H groups in total. The SMILES string of the molecule is CCCC1OC(n2ccc(=O)[nH]c2=O)C(C)(Cl)C1O. The van der Waals surface area contributed by atoms with Gasteiger partial charge in [-0.3, -0.25) is 14.3 Å². The van der Waals surface area contributed by atoms with Gasteiger partial charge in [0.05, 0.1) is 6.10 Å². The lowest BCUT2D eigenvalue weighted by molar-refractivity contribution is -0.0263. The molecule has 4 atom stereocenters. The number of ether oxygens (including phenoxy) is 1. The van der Waals surface area contributed by atoms with E-state index >= 15 is 0 Å². The molecule has 4 unspecified atom stereocenters. The summed E-state index contributed by atoms with van der Waals surface area (Å²) in [5, 5.41) is 10.2. The van der Waals surface area contributed by atoms with E-state index < -0.39 is 34.6 Å². The molecule has 1 aromatic heterocycles. The van der Waals surface area contributed by atoms with Crippen molar-refractivity contribution in [2.75, 3.05) is 0 Å². The Morgan fingerprint density at radius 3 is 2.84 bits per heavy atom. The van der Waals surface area contributed by atoms with Crippen LogP contribution in [0, 0.1) is 0 Å². The average Bonchev–Trinajstić information content (AvgIpc) is 2.54. The van der Waals surface area contributed by atoms with Gasteiger partial charge in [0.2, 0.25) is 0 Å². The fourth-order valence-corrected chi connectivity index (χ4v) is 2.64. The molecule has 19 heavy (non-hydrogen) atoms. The second-order valence-corrected chi connectivity index (χ2v) is 5.74. The maximum atomic E-state index is 11.8. The number of aliphatic hydroxyl groups is 1. The van der Waals surface area contributed by atoms with Crippen molar-refractivity contribution in [2.24, 2.45) is 0 Å². The number of alkyl halides is 1. The van der Waals surface area contributed by atoms with E-state index in [1.807, 2.05) is 6.92 Å². The van der Waals surface area contributed by atoms with Crippen molar-refractivity contribution in [1.29, 1.82) is 0 Å². The number of nitrogens with zero attached hydrogens (tertiary/aromatic N) is 1. The van der Waals surface area contributed by atoms with Crippen molar-refractivity contribution in [3.05, 3.63) is 33.1 Å². The highest BCUT2D eigenvalue weighted by Crippen LogP contribution is 2.43. The summed E-state index contributed by atoms with van der Waals surface area (Å²) < 4.78 is 6.90. The molecular formula is C12H17ClN2O4. The minimum Gasteiger partial charge on any atom is -0.388 e. The van der Waals surface area contributed by atoms with Crippen molar-refractivity contribution in [2.45, 2.75) is 50.0 Å². The second-order valence-electron chi connectivity index (χ2n) is 4.93. The number of hydrogen-bond acceptors (Lipinski definition) is 4. The van der Waals surface area contributed by atoms with E-state index in [0.717, 1.165) is 6.42 Å². The van der Waals surface area contributed by atoms with Crippen LogP contribution >= 0.6 is 11.6 Å². The highest BCUT2D eigenvalue weighted by atomic mass is 35.5. The van der Waals surface area contributed by atoms with Crippen LogP contribution < -0.4 is 11.2 Å². The number of aromatic nitrogens is 2. The molecule has 1 aliphatic heterocycles. The topological polar surface area (TPSA) is 84.3 Å². The zero-order valence-corrected chi connectivity index (χ0v) is 11.6. The maximum absolute atomic E-state index is 11.8. The van der Waals surface area contributed by atoms with E-state index in [2.05, 4.69) is 4.98 Å². The molecule has 0 spiro atoms. The Morgan fingerprint density at radius 2 is 2.26 bits per heavy atom. The van der Waals surface area contributed by atoms with Gasteiger partial charge in [0.15, 0.2) is 6.23 Å². The molecule has 2 rings (SSSR count). The van der Waals surface area contributed by atoms with Crippen molar-refractivity contribution < 1.29 is 9.84 Å². The number of aromatic amines is 1. The molecule has 0 saturated carbocycles. The summed E-state index contributed by atoms with van der Waals surface area (Å²) in [6.45, 7) is 3.60. The van der Waals surface area contributed by atoms with E-state index in [1.165, 1.54) is 16.8 Å². The van der Waals surface area contributed by atoms with Gasteiger partial charge in [0.1, 0.15) is 11.0 Å². The Balaban J connectivity index is 2.39. The first kappa shape index (κ1) is 14.3. The Morgan fingerprint density at radius 1 is 1.58 bits per heavy atom. The molecule has 2 heterocycles. The van der Waals surface area contributed by atoms with Crippen LogP contribution in [0.25, 0.3) is 0 Å². The van der Waals surface area contributed by atoms with Gasteiger partial charge in [0.25, 0.3) is 5.56 Å². The van der Waals surface area contributed by atoms with Crippen LogP contribution in [-0.2, 0) is 4.74 Å². The average molecular weight is 289 g/mol. The summed E-state index contributed by atoms with van der Waals surface area (Å²) in [7, 11) is 0. The maximum Gasteiger partial charge on any atom is 0.330 e. The standard InChI is InChI=1S/C12H17ClN2O4/c1-3-4-7-9(17)12(2,13)10(19-7)15-6-5-8(16)14-11(15)18/h5-7,9-10,17H,3-4H2,1-2H3,(H,14,16,18). The second kappa shape index (κ2) is 5.11. The molecule has 1 saturated heterocycles. The molecule has 1 aromatic rings. The summed E-state index contributed by atoms with van der Waals surface area (Å²) in [5.74, 6) is 0. The molecule has 106 valence electrons. The van der Waals surface area contributed by atoms with Crippen molar-refractivity contribution >= 4 is 11.6 Å². The fourth-order valence-electron chi connectivity index (χ4n) is 2.34. The van der Waals surface area contributed by atoms with Crippen LogP contribution in [-0.4, -0.2) is 31.7 Å². The molecule has 1 fully saturated rings. The molecule has 7 heteroatoms. The third-order valence-corrected chi connectivity index (χ3v) is 3.80. The van der Waals surface area contributed by atoms with Crippen molar-refractivity contribution in [1.82, 2.24) is 9.55 Å². The molecule has 6 nitrogen and oxygen atoms in total. The minimum atomic E-state index is -1.12. The first-order chi connectivity index (χ1) is 8.87. The summed E-state index contributed by atoms with van der Waals surface area (Å²) in [6, 6.07) is 1.22. The number of halogens is 1. The third-order valence-electron chi connectivity index (χ3n) is 3.39. The smallest absolute Gasteiger partial charge is 0.330 e. The largest absolute Gasteiger partial charge is 0.388 e. The van der Waals surface area contributed by atoms with Crippen LogP contribution in [0.5, 0.6) is 0 Å². The summed E-state index contributed by atoms with van der Waals surface area (Å²) in [5.41, 5.74) is -1.09. The van der Waals surface area contributed by atoms with Gasteiger partial charge in [-0.05, 0) is 13.3 Å². The minimum absolute atomic E-state index is 0.420. The number of nitrogens with one attached hydrogen (secondary N) is 1. The van der Waals surface area contributed by atoms with Gasteiger partial charge in [-0.1, -0.05) is 13.3 Å². The number of H-pyrrole nitrogens is 1. The van der Waals surface area contributed by atoms with Crippen LogP contribution in [0.4, 0.5) is 0 Å². The summed E-state index contributed by atoms with van der Waals surface area (Å²) in [4.78, 5) is 23.9. The summed E-state index contributed by atoms with van der Waals surface area (Å²) >= 11 is 6.33. The first-order valence-electron chi connectivity index (χ1n) is 6.21. The quantitative estimate of drug-likeness (QED) is 0.798. The first-order valence-corrected chi connectivity index (χ1v) is 6.59. The molecule has 0 aliphatic carbocycles. The lowest BCUT2D eigenvalue weighted by Crippen LogP contribution is -2.42. The monoisotopic (exact) mass is 288 g/mol. The molecular weight excluding hydrogens is 272 g/mol. The van der Waals surface area contributed by atoms with E-state index in [9.17, 15) is 14.7 Å². The van der Waals surface area contributed by atoms with Crippen LogP contribution in [0.15, 0.2) is 21.9 Å². The molecule has 0 radical (unpaired) electrons. The predicted octanol–water partition coefficient (Wildman–Crippen LogP) is 0.593. The molecule has 0 aromatic carbocycles. The summed E-state index contributed by atoms with van der Waals surface area (Å²) in [6.07, 6.45) is 0.701. The van der Waals surface area contributed by atoms with Crippen LogP contribution in [0.1, 0.15) is 32.9 Å². The van der Waals surface area contributed by atoms with Crippen LogP contribution in [0.2, 0.25) is 0 Å². The Kier molecular flexibility index (Phi) is 3.85. The van der Waals surface area contributed by atoms with Gasteiger partial charge in [0, 0.05) is 12.3 Å². The Hall–Kier alpha value is -1.11. The van der Waals surface area contributed by atoms with Gasteiger partial charge in [-0.15, -0.1) is 11.6 Å². The van der Waals surface area contributed by atoms with Crippen molar-refractivity contribution in [3.63, 3.8) is 0 Å². The number of rotatable bonds is 3. The fraction of sp³-hybridized carbons (Fsp3) is 0.667. The Bertz CT molecular complexity index is 565. The van der Waals surface area contributed by atoms with E-state index in [0.29, 0.717) is 6.42 Å². The van der Waals surface area contributed by atoms with Crippen molar-refractivity contribution in [3.8, 4) is 0 Å². The van der Waals surface area contributed by atoms with Gasteiger partial charge in [-0.2, -0.15) is 0 Å². The number of hydrogen-bond donors (Lipinski definition) is 2. The van der Waals surface area contributed by atoms with Gasteiger partial charge in [-0.25, -0.2) is 4.79 Å². The van der Waals surface area contributed by atoms with Crippen LogP contribution in [0.3, 0.4) is 0 Å². The molecule has 1 aliphatic rings. The molecule has 0 bridgehead atoms. The zero-order valence-electron chi connectivity index (χ0n) is 10.8. The van der Waals surface area contributed by atoms with Gasteiger partial charge < -0.3 is 9.84 Å². The van der Waals surface area contributed by atoms with E-state index in [1.54, 1.807) is 6.92 Å². The Labute approximate surface area is 115 Å². The van der Waals surface area contributed by atoms with E-state index in [-0.39, 0.29) is 0 Å².